The zero-order valence-corrected chi connectivity index (χ0v) is 18.0. The second-order valence-corrected chi connectivity index (χ2v) is 8.77. The van der Waals surface area contributed by atoms with E-state index in [9.17, 15) is 13.2 Å². The van der Waals surface area contributed by atoms with E-state index in [1.807, 2.05) is 0 Å². The maximum Gasteiger partial charge on any atom is 0.331 e. The second-order valence-electron chi connectivity index (χ2n) is 6.46. The number of morpholine rings is 1. The molecule has 0 aliphatic carbocycles. The first-order valence-electron chi connectivity index (χ1n) is 9.26. The molecule has 160 valence electrons. The lowest BCUT2D eigenvalue weighted by atomic mass is 10.2. The standard InChI is InChI=1S/C21H22ClNO6S/c1-27-19-8-6-16(14-20(19)30(25,26)23-10-12-28-13-11-23)7-9-21(24)29-15-17-4-2-3-5-18(17)22/h2-9,14H,10-13,15H2,1H3/b9-7+. The normalized spacial score (nSPS) is 15.3. The second kappa shape index (κ2) is 10.1. The van der Waals surface area contributed by atoms with E-state index in [4.69, 9.17) is 25.8 Å². The molecule has 2 aromatic carbocycles. The molecule has 1 fully saturated rings. The molecule has 2 aromatic rings. The summed E-state index contributed by atoms with van der Waals surface area (Å²) in [6, 6.07) is 11.8. The molecule has 7 nitrogen and oxygen atoms in total. The van der Waals surface area contributed by atoms with Crippen LogP contribution in [0, 0.1) is 0 Å². The van der Waals surface area contributed by atoms with E-state index in [-0.39, 0.29) is 30.3 Å². The number of hydrogen-bond acceptors (Lipinski definition) is 6. The van der Waals surface area contributed by atoms with Crippen LogP contribution in [0.2, 0.25) is 5.02 Å². The van der Waals surface area contributed by atoms with Gasteiger partial charge in [0.15, 0.2) is 0 Å². The molecule has 0 unspecified atom stereocenters. The van der Waals surface area contributed by atoms with Crippen molar-refractivity contribution in [2.24, 2.45) is 0 Å². The molecular formula is C21H22ClNO6S. The Hall–Kier alpha value is -2.39. The van der Waals surface area contributed by atoms with Crippen molar-refractivity contribution in [1.82, 2.24) is 4.31 Å². The van der Waals surface area contributed by atoms with E-state index in [1.165, 1.54) is 29.6 Å². The zero-order valence-electron chi connectivity index (χ0n) is 16.4. The fourth-order valence-corrected chi connectivity index (χ4v) is 4.69. The molecule has 0 bridgehead atoms. The third-order valence-corrected chi connectivity index (χ3v) is 6.80. The van der Waals surface area contributed by atoms with Gasteiger partial charge in [-0.1, -0.05) is 35.9 Å². The third kappa shape index (κ3) is 5.40. The number of carbonyl (C=O) groups is 1. The molecule has 30 heavy (non-hydrogen) atoms. The van der Waals surface area contributed by atoms with E-state index < -0.39 is 16.0 Å². The van der Waals surface area contributed by atoms with Crippen LogP contribution in [-0.4, -0.2) is 52.1 Å². The molecule has 0 atom stereocenters. The molecule has 1 aliphatic heterocycles. The number of methoxy groups -OCH3 is 1. The molecule has 1 aliphatic rings. The molecular weight excluding hydrogens is 430 g/mol. The van der Waals surface area contributed by atoms with Crippen molar-refractivity contribution in [2.45, 2.75) is 11.5 Å². The third-order valence-electron chi connectivity index (χ3n) is 4.52. The van der Waals surface area contributed by atoms with Crippen molar-refractivity contribution in [3.05, 3.63) is 64.7 Å². The van der Waals surface area contributed by atoms with Gasteiger partial charge in [0.1, 0.15) is 17.3 Å². The summed E-state index contributed by atoms with van der Waals surface area (Å²) in [5.74, 6) is -0.330. The molecule has 1 saturated heterocycles. The van der Waals surface area contributed by atoms with Crippen LogP contribution in [0.15, 0.2) is 53.4 Å². The number of carbonyl (C=O) groups excluding carboxylic acids is 1. The van der Waals surface area contributed by atoms with Gasteiger partial charge < -0.3 is 14.2 Å². The highest BCUT2D eigenvalue weighted by molar-refractivity contribution is 7.89. The van der Waals surface area contributed by atoms with Crippen molar-refractivity contribution in [1.29, 1.82) is 0 Å². The maximum absolute atomic E-state index is 13.0. The Morgan fingerprint density at radius 2 is 1.93 bits per heavy atom. The highest BCUT2D eigenvalue weighted by Gasteiger charge is 2.29. The van der Waals surface area contributed by atoms with Gasteiger partial charge >= 0.3 is 5.97 Å². The first kappa shape index (κ1) is 22.3. The van der Waals surface area contributed by atoms with Crippen LogP contribution in [0.25, 0.3) is 6.08 Å². The van der Waals surface area contributed by atoms with Gasteiger partial charge in [0.2, 0.25) is 10.0 Å². The number of rotatable bonds is 7. The van der Waals surface area contributed by atoms with E-state index >= 15 is 0 Å². The Morgan fingerprint density at radius 1 is 1.20 bits per heavy atom. The Bertz CT molecular complexity index is 1030. The van der Waals surface area contributed by atoms with Gasteiger partial charge in [0, 0.05) is 29.8 Å². The van der Waals surface area contributed by atoms with Crippen LogP contribution in [0.3, 0.4) is 0 Å². The molecule has 3 rings (SSSR count). The molecule has 0 saturated carbocycles. The molecule has 0 amide bonds. The van der Waals surface area contributed by atoms with Crippen LogP contribution in [0.5, 0.6) is 5.75 Å². The van der Waals surface area contributed by atoms with E-state index in [2.05, 4.69) is 0 Å². The molecule has 0 N–H and O–H groups in total. The lowest BCUT2D eigenvalue weighted by Crippen LogP contribution is -2.40. The highest BCUT2D eigenvalue weighted by Crippen LogP contribution is 2.29. The Labute approximate surface area is 180 Å². The zero-order chi connectivity index (χ0) is 21.6. The fourth-order valence-electron chi connectivity index (χ4n) is 2.90. The van der Waals surface area contributed by atoms with Crippen molar-refractivity contribution < 1.29 is 27.4 Å². The fraction of sp³-hybridized carbons (Fsp3) is 0.286. The number of benzene rings is 2. The Balaban J connectivity index is 1.74. The highest BCUT2D eigenvalue weighted by atomic mass is 35.5. The van der Waals surface area contributed by atoms with Crippen molar-refractivity contribution in [2.75, 3.05) is 33.4 Å². The van der Waals surface area contributed by atoms with Gasteiger partial charge in [-0.25, -0.2) is 13.2 Å². The Kier molecular flexibility index (Phi) is 7.49. The number of hydrogen-bond donors (Lipinski definition) is 0. The summed E-state index contributed by atoms with van der Waals surface area (Å²) < 4.78 is 43.0. The first-order valence-corrected chi connectivity index (χ1v) is 11.1. The molecule has 1 heterocycles. The Morgan fingerprint density at radius 3 is 2.63 bits per heavy atom. The average Bonchev–Trinajstić information content (AvgIpc) is 2.77. The van der Waals surface area contributed by atoms with Crippen LogP contribution in [0.1, 0.15) is 11.1 Å². The average molecular weight is 452 g/mol. The number of sulfonamides is 1. The predicted octanol–water partition coefficient (Wildman–Crippen LogP) is 3.13. The SMILES string of the molecule is COc1ccc(/C=C/C(=O)OCc2ccccc2Cl)cc1S(=O)(=O)N1CCOCC1. The summed E-state index contributed by atoms with van der Waals surface area (Å²) >= 11 is 6.04. The summed E-state index contributed by atoms with van der Waals surface area (Å²) in [5, 5.41) is 0.516. The van der Waals surface area contributed by atoms with Crippen molar-refractivity contribution >= 4 is 33.7 Å². The lowest BCUT2D eigenvalue weighted by molar-refractivity contribution is -0.138. The minimum atomic E-state index is -3.75. The van der Waals surface area contributed by atoms with Gasteiger partial charge in [-0.05, 0) is 29.8 Å². The van der Waals surface area contributed by atoms with Crippen LogP contribution >= 0.6 is 11.6 Å². The summed E-state index contributed by atoms with van der Waals surface area (Å²) in [5.41, 5.74) is 1.22. The molecule has 0 spiro atoms. The van der Waals surface area contributed by atoms with Gasteiger partial charge in [-0.2, -0.15) is 4.31 Å². The van der Waals surface area contributed by atoms with Crippen molar-refractivity contribution in [3.63, 3.8) is 0 Å². The maximum atomic E-state index is 13.0. The number of halogens is 1. The number of ether oxygens (including phenoxy) is 3. The molecule has 9 heteroatoms. The van der Waals surface area contributed by atoms with Gasteiger partial charge in [0.25, 0.3) is 0 Å². The van der Waals surface area contributed by atoms with E-state index in [0.29, 0.717) is 29.4 Å². The van der Waals surface area contributed by atoms with Crippen LogP contribution in [0.4, 0.5) is 0 Å². The summed E-state index contributed by atoms with van der Waals surface area (Å²) in [4.78, 5) is 12.1. The predicted molar refractivity (Wildman–Crippen MR) is 113 cm³/mol. The minimum absolute atomic E-state index is 0.0403. The van der Waals surface area contributed by atoms with Gasteiger partial charge in [-0.3, -0.25) is 0 Å². The number of esters is 1. The summed E-state index contributed by atoms with van der Waals surface area (Å²) in [7, 11) is -2.34. The summed E-state index contributed by atoms with van der Waals surface area (Å²) in [6.45, 7) is 1.29. The quantitative estimate of drug-likeness (QED) is 0.475. The minimum Gasteiger partial charge on any atom is -0.495 e. The van der Waals surface area contributed by atoms with Crippen LogP contribution < -0.4 is 4.74 Å². The van der Waals surface area contributed by atoms with E-state index in [1.54, 1.807) is 36.4 Å². The van der Waals surface area contributed by atoms with Crippen molar-refractivity contribution in [3.8, 4) is 5.75 Å². The van der Waals surface area contributed by atoms with Crippen LogP contribution in [-0.2, 0) is 30.9 Å². The van der Waals surface area contributed by atoms with E-state index in [0.717, 1.165) is 0 Å². The summed E-state index contributed by atoms with van der Waals surface area (Å²) in [6.07, 6.45) is 2.73. The monoisotopic (exact) mass is 451 g/mol. The number of nitrogens with zero attached hydrogens (tertiary/aromatic N) is 1. The van der Waals surface area contributed by atoms with Gasteiger partial charge in [0.05, 0.1) is 20.3 Å². The smallest absolute Gasteiger partial charge is 0.331 e. The van der Waals surface area contributed by atoms with Gasteiger partial charge in [-0.15, -0.1) is 0 Å². The topological polar surface area (TPSA) is 82.1 Å². The first-order chi connectivity index (χ1) is 14.4. The molecule has 0 aromatic heterocycles. The molecule has 0 radical (unpaired) electrons. The lowest BCUT2D eigenvalue weighted by Gasteiger charge is -2.26. The largest absolute Gasteiger partial charge is 0.495 e.